The summed E-state index contributed by atoms with van der Waals surface area (Å²) in [5, 5.41) is 14.2. The first-order valence-corrected chi connectivity index (χ1v) is 5.52. The van der Waals surface area contributed by atoms with E-state index in [0.29, 0.717) is 0 Å². The van der Waals surface area contributed by atoms with Crippen molar-refractivity contribution in [1.82, 2.24) is 5.16 Å². The molecule has 0 saturated carbocycles. The minimum Gasteiger partial charge on any atom is -0.475 e. The maximum Gasteiger partial charge on any atom is 0.387 e. The van der Waals surface area contributed by atoms with Crippen molar-refractivity contribution >= 4 is 17.6 Å². The van der Waals surface area contributed by atoms with Crippen LogP contribution in [0.25, 0.3) is 0 Å². The molecular weight excluding hydrogens is 290 g/mol. The molecule has 2 N–H and O–H groups in total. The summed E-state index contributed by atoms with van der Waals surface area (Å²) >= 11 is 0. The number of benzene rings is 1. The maximum atomic E-state index is 12.2. The molecule has 0 fully saturated rings. The SMILES string of the molecule is O=C(Nc1ccccc1OC(F)F)c1cc(C(=O)O)on1. The second-order valence-corrected chi connectivity index (χ2v) is 3.71. The van der Waals surface area contributed by atoms with E-state index < -0.39 is 24.2 Å². The van der Waals surface area contributed by atoms with Crippen LogP contribution >= 0.6 is 0 Å². The molecule has 2 aromatic rings. The van der Waals surface area contributed by atoms with Crippen LogP contribution in [0.5, 0.6) is 5.75 Å². The van der Waals surface area contributed by atoms with Gasteiger partial charge in [0.25, 0.3) is 5.91 Å². The van der Waals surface area contributed by atoms with Gasteiger partial charge in [-0.05, 0) is 12.1 Å². The largest absolute Gasteiger partial charge is 0.475 e. The van der Waals surface area contributed by atoms with Gasteiger partial charge in [-0.1, -0.05) is 17.3 Å². The Hall–Kier alpha value is -2.97. The predicted octanol–water partition coefficient (Wildman–Crippen LogP) is 2.23. The number of carboxylic acids is 1. The van der Waals surface area contributed by atoms with Gasteiger partial charge < -0.3 is 19.7 Å². The number of carboxylic acid groups (broad SMARTS) is 1. The molecule has 0 saturated heterocycles. The summed E-state index contributed by atoms with van der Waals surface area (Å²) in [5.74, 6) is -2.96. The van der Waals surface area contributed by atoms with E-state index in [0.717, 1.165) is 6.07 Å². The molecule has 0 aliphatic heterocycles. The average molecular weight is 298 g/mol. The number of halogens is 2. The number of nitrogens with zero attached hydrogens (tertiary/aromatic N) is 1. The molecule has 0 atom stereocenters. The fourth-order valence-electron chi connectivity index (χ4n) is 1.44. The molecule has 9 heteroatoms. The van der Waals surface area contributed by atoms with Crippen LogP contribution in [0.4, 0.5) is 14.5 Å². The number of nitrogens with one attached hydrogen (secondary N) is 1. The molecule has 0 radical (unpaired) electrons. The molecule has 110 valence electrons. The van der Waals surface area contributed by atoms with E-state index in [1.165, 1.54) is 24.3 Å². The van der Waals surface area contributed by atoms with Crippen LogP contribution in [0.15, 0.2) is 34.9 Å². The van der Waals surface area contributed by atoms with Crippen molar-refractivity contribution in [3.05, 3.63) is 41.8 Å². The highest BCUT2D eigenvalue weighted by atomic mass is 19.3. The Bertz CT molecular complexity index is 671. The van der Waals surface area contributed by atoms with E-state index in [4.69, 9.17) is 5.11 Å². The van der Waals surface area contributed by atoms with Crippen LogP contribution in [0, 0.1) is 0 Å². The van der Waals surface area contributed by atoms with Gasteiger partial charge in [0.2, 0.25) is 5.76 Å². The molecule has 1 aromatic carbocycles. The van der Waals surface area contributed by atoms with Crippen molar-refractivity contribution in [2.45, 2.75) is 6.61 Å². The van der Waals surface area contributed by atoms with Gasteiger partial charge in [0.15, 0.2) is 5.69 Å². The van der Waals surface area contributed by atoms with Crippen molar-refractivity contribution < 1.29 is 32.7 Å². The zero-order chi connectivity index (χ0) is 15.4. The topological polar surface area (TPSA) is 102 Å². The number of hydrogen-bond donors (Lipinski definition) is 2. The first kappa shape index (κ1) is 14.4. The Morgan fingerprint density at radius 1 is 1.33 bits per heavy atom. The van der Waals surface area contributed by atoms with Crippen molar-refractivity contribution in [2.75, 3.05) is 5.32 Å². The number of carbonyl (C=O) groups excluding carboxylic acids is 1. The third-order valence-electron chi connectivity index (χ3n) is 2.30. The maximum absolute atomic E-state index is 12.2. The van der Waals surface area contributed by atoms with Crippen LogP contribution in [0.3, 0.4) is 0 Å². The fourth-order valence-corrected chi connectivity index (χ4v) is 1.44. The zero-order valence-electron chi connectivity index (χ0n) is 10.2. The lowest BCUT2D eigenvalue weighted by molar-refractivity contribution is -0.0493. The smallest absolute Gasteiger partial charge is 0.387 e. The lowest BCUT2D eigenvalue weighted by atomic mass is 10.2. The Morgan fingerprint density at radius 2 is 2.05 bits per heavy atom. The number of aromatic nitrogens is 1. The van der Waals surface area contributed by atoms with Gasteiger partial charge in [-0.25, -0.2) is 4.79 Å². The molecule has 0 aliphatic rings. The number of rotatable bonds is 5. The van der Waals surface area contributed by atoms with Crippen LogP contribution in [-0.2, 0) is 0 Å². The average Bonchev–Trinajstić information content (AvgIpc) is 2.90. The van der Waals surface area contributed by atoms with Gasteiger partial charge in [-0.3, -0.25) is 4.79 Å². The minimum atomic E-state index is -3.05. The van der Waals surface area contributed by atoms with Gasteiger partial charge in [0, 0.05) is 6.07 Å². The third-order valence-corrected chi connectivity index (χ3v) is 2.30. The highest BCUT2D eigenvalue weighted by molar-refractivity contribution is 6.04. The number of hydrogen-bond acceptors (Lipinski definition) is 5. The Labute approximate surface area is 116 Å². The molecule has 2 rings (SSSR count). The number of para-hydroxylation sites is 2. The third kappa shape index (κ3) is 3.53. The molecule has 0 spiro atoms. The molecule has 7 nitrogen and oxygen atoms in total. The highest BCUT2D eigenvalue weighted by Crippen LogP contribution is 2.25. The molecule has 1 heterocycles. The van der Waals surface area contributed by atoms with E-state index in [1.807, 2.05) is 0 Å². The highest BCUT2D eigenvalue weighted by Gasteiger charge is 2.18. The molecule has 1 aromatic heterocycles. The number of amides is 1. The molecule has 0 aliphatic carbocycles. The van der Waals surface area contributed by atoms with Gasteiger partial charge in [-0.2, -0.15) is 8.78 Å². The number of ether oxygens (including phenoxy) is 1. The van der Waals surface area contributed by atoms with Gasteiger partial charge in [-0.15, -0.1) is 0 Å². The van der Waals surface area contributed by atoms with E-state index >= 15 is 0 Å². The molecular formula is C12H8F2N2O5. The van der Waals surface area contributed by atoms with Crippen molar-refractivity contribution in [3.8, 4) is 5.75 Å². The van der Waals surface area contributed by atoms with Gasteiger partial charge in [0.1, 0.15) is 5.75 Å². The van der Waals surface area contributed by atoms with Crippen LogP contribution in [0.1, 0.15) is 21.0 Å². The van der Waals surface area contributed by atoms with Crippen LogP contribution < -0.4 is 10.1 Å². The van der Waals surface area contributed by atoms with Crippen LogP contribution in [0.2, 0.25) is 0 Å². The Balaban J connectivity index is 2.17. The van der Waals surface area contributed by atoms with Crippen molar-refractivity contribution in [1.29, 1.82) is 0 Å². The van der Waals surface area contributed by atoms with Gasteiger partial charge in [0.05, 0.1) is 5.69 Å². The van der Waals surface area contributed by atoms with E-state index in [1.54, 1.807) is 0 Å². The summed E-state index contributed by atoms with van der Waals surface area (Å²) in [6.45, 7) is -3.05. The molecule has 0 unspecified atom stereocenters. The molecule has 1 amide bonds. The van der Waals surface area contributed by atoms with Gasteiger partial charge >= 0.3 is 12.6 Å². The summed E-state index contributed by atoms with van der Waals surface area (Å²) in [7, 11) is 0. The second kappa shape index (κ2) is 5.99. The summed E-state index contributed by atoms with van der Waals surface area (Å²) in [6.07, 6.45) is 0. The Morgan fingerprint density at radius 3 is 2.67 bits per heavy atom. The summed E-state index contributed by atoms with van der Waals surface area (Å²) in [5.41, 5.74) is -0.318. The predicted molar refractivity (Wildman–Crippen MR) is 64.5 cm³/mol. The summed E-state index contributed by atoms with van der Waals surface area (Å²) in [6, 6.07) is 6.45. The summed E-state index contributed by atoms with van der Waals surface area (Å²) in [4.78, 5) is 22.4. The quantitative estimate of drug-likeness (QED) is 0.877. The lowest BCUT2D eigenvalue weighted by Crippen LogP contribution is -2.14. The van der Waals surface area contributed by atoms with Crippen molar-refractivity contribution in [2.24, 2.45) is 0 Å². The van der Waals surface area contributed by atoms with Crippen LogP contribution in [-0.4, -0.2) is 28.8 Å². The number of aromatic carboxylic acids is 1. The zero-order valence-corrected chi connectivity index (χ0v) is 10.2. The normalized spacial score (nSPS) is 10.4. The van der Waals surface area contributed by atoms with E-state index in [9.17, 15) is 18.4 Å². The lowest BCUT2D eigenvalue weighted by Gasteiger charge is -2.10. The molecule has 0 bridgehead atoms. The first-order valence-electron chi connectivity index (χ1n) is 5.52. The first-order chi connectivity index (χ1) is 9.97. The monoisotopic (exact) mass is 298 g/mol. The van der Waals surface area contributed by atoms with E-state index in [-0.39, 0.29) is 17.1 Å². The second-order valence-electron chi connectivity index (χ2n) is 3.71. The minimum absolute atomic E-state index is 0.0114. The van der Waals surface area contributed by atoms with E-state index in [2.05, 4.69) is 19.7 Å². The number of carbonyl (C=O) groups is 2. The summed E-state index contributed by atoms with van der Waals surface area (Å²) < 4.78 is 33.1. The standard InChI is InChI=1S/C12H8F2N2O5/c13-12(14)20-8-4-2-1-3-6(8)15-10(17)7-5-9(11(18)19)21-16-7/h1-5,12H,(H,15,17)(H,18,19). The fraction of sp³-hybridized carbons (Fsp3) is 0.0833. The number of anilines is 1. The van der Waals surface area contributed by atoms with Crippen molar-refractivity contribution in [3.63, 3.8) is 0 Å². The number of alkyl halides is 2. The molecule has 21 heavy (non-hydrogen) atoms. The Kier molecular flexibility index (Phi) is 4.12.